The standard InChI is InChI=1S/C14H20N4O3S/c1-4-14(21-3)9-22(19,20)17-12-5-7-13(8-6-12)18-11(2)15-10-16-18/h5-8,10,14,17H,4,9H2,1-3H3. The van der Waals surface area contributed by atoms with Gasteiger partial charge in [0, 0.05) is 12.8 Å². The Morgan fingerprint density at radius 1 is 1.32 bits per heavy atom. The number of methoxy groups -OCH3 is 1. The first kappa shape index (κ1) is 16.4. The summed E-state index contributed by atoms with van der Waals surface area (Å²) in [5.41, 5.74) is 1.33. The number of hydrogen-bond acceptors (Lipinski definition) is 5. The summed E-state index contributed by atoms with van der Waals surface area (Å²) < 4.78 is 33.5. The van der Waals surface area contributed by atoms with E-state index in [0.717, 1.165) is 11.5 Å². The summed E-state index contributed by atoms with van der Waals surface area (Å²) in [4.78, 5) is 4.05. The van der Waals surface area contributed by atoms with E-state index in [-0.39, 0.29) is 11.9 Å². The van der Waals surface area contributed by atoms with Crippen LogP contribution in [-0.2, 0) is 14.8 Å². The molecule has 7 nitrogen and oxygen atoms in total. The van der Waals surface area contributed by atoms with Crippen molar-refractivity contribution in [1.82, 2.24) is 14.8 Å². The maximum atomic E-state index is 12.1. The van der Waals surface area contributed by atoms with Crippen LogP contribution in [0.5, 0.6) is 0 Å². The van der Waals surface area contributed by atoms with E-state index in [4.69, 9.17) is 4.74 Å². The number of sulfonamides is 1. The highest BCUT2D eigenvalue weighted by atomic mass is 32.2. The smallest absolute Gasteiger partial charge is 0.235 e. The second-order valence-electron chi connectivity index (χ2n) is 4.92. The third-order valence-corrected chi connectivity index (χ3v) is 4.65. The van der Waals surface area contributed by atoms with Gasteiger partial charge in [0.25, 0.3) is 0 Å². The van der Waals surface area contributed by atoms with Crippen LogP contribution < -0.4 is 4.72 Å². The van der Waals surface area contributed by atoms with Gasteiger partial charge in [0.05, 0.1) is 17.5 Å². The monoisotopic (exact) mass is 324 g/mol. The van der Waals surface area contributed by atoms with Crippen LogP contribution in [0, 0.1) is 6.92 Å². The molecule has 120 valence electrons. The van der Waals surface area contributed by atoms with Gasteiger partial charge in [-0.1, -0.05) is 6.92 Å². The molecule has 0 bridgehead atoms. The molecule has 1 aromatic heterocycles. The molecule has 0 saturated heterocycles. The summed E-state index contributed by atoms with van der Waals surface area (Å²) in [6.07, 6.45) is 1.80. The summed E-state index contributed by atoms with van der Waals surface area (Å²) in [6, 6.07) is 6.96. The lowest BCUT2D eigenvalue weighted by molar-refractivity contribution is 0.117. The molecule has 1 aromatic carbocycles. The van der Waals surface area contributed by atoms with Gasteiger partial charge in [0.1, 0.15) is 12.2 Å². The van der Waals surface area contributed by atoms with E-state index >= 15 is 0 Å². The van der Waals surface area contributed by atoms with Crippen LogP contribution in [0.2, 0.25) is 0 Å². The Balaban J connectivity index is 2.10. The molecule has 0 saturated carbocycles. The molecule has 2 rings (SSSR count). The van der Waals surface area contributed by atoms with Gasteiger partial charge >= 0.3 is 0 Å². The summed E-state index contributed by atoms with van der Waals surface area (Å²) >= 11 is 0. The molecule has 0 radical (unpaired) electrons. The second-order valence-corrected chi connectivity index (χ2v) is 6.68. The van der Waals surface area contributed by atoms with Crippen LogP contribution in [0.1, 0.15) is 19.2 Å². The quantitative estimate of drug-likeness (QED) is 0.838. The molecule has 0 spiro atoms. The summed E-state index contributed by atoms with van der Waals surface area (Å²) in [7, 11) is -1.93. The molecule has 1 atom stereocenters. The normalized spacial score (nSPS) is 13.0. The number of anilines is 1. The van der Waals surface area contributed by atoms with E-state index in [1.807, 2.05) is 13.8 Å². The molecule has 1 unspecified atom stereocenters. The van der Waals surface area contributed by atoms with Gasteiger partial charge in [-0.05, 0) is 37.6 Å². The Hall–Kier alpha value is -1.93. The van der Waals surface area contributed by atoms with Crippen molar-refractivity contribution < 1.29 is 13.2 Å². The molecule has 0 aliphatic heterocycles. The largest absolute Gasteiger partial charge is 0.380 e. The first-order valence-corrected chi connectivity index (χ1v) is 8.60. The van der Waals surface area contributed by atoms with Crippen molar-refractivity contribution in [3.8, 4) is 5.69 Å². The highest BCUT2D eigenvalue weighted by Crippen LogP contribution is 2.15. The zero-order valence-corrected chi connectivity index (χ0v) is 13.7. The Kier molecular flexibility index (Phi) is 5.15. The first-order valence-electron chi connectivity index (χ1n) is 6.95. The van der Waals surface area contributed by atoms with Crippen LogP contribution in [0.25, 0.3) is 5.69 Å². The molecule has 0 aliphatic carbocycles. The molecule has 0 aliphatic rings. The van der Waals surface area contributed by atoms with Crippen LogP contribution in [0.15, 0.2) is 30.6 Å². The van der Waals surface area contributed by atoms with E-state index in [2.05, 4.69) is 14.8 Å². The molecule has 1 heterocycles. The third-order valence-electron chi connectivity index (χ3n) is 3.30. The highest BCUT2D eigenvalue weighted by molar-refractivity contribution is 7.92. The molecule has 0 fully saturated rings. The minimum Gasteiger partial charge on any atom is -0.380 e. The number of nitrogens with zero attached hydrogens (tertiary/aromatic N) is 3. The van der Waals surface area contributed by atoms with Gasteiger partial charge < -0.3 is 4.74 Å². The molecular formula is C14H20N4O3S. The molecular weight excluding hydrogens is 304 g/mol. The van der Waals surface area contributed by atoms with E-state index < -0.39 is 10.0 Å². The summed E-state index contributed by atoms with van der Waals surface area (Å²) in [6.45, 7) is 3.73. The van der Waals surface area contributed by atoms with E-state index in [0.29, 0.717) is 12.1 Å². The fraction of sp³-hybridized carbons (Fsp3) is 0.429. The number of aromatic nitrogens is 3. The number of ether oxygens (including phenoxy) is 1. The van der Waals surface area contributed by atoms with Gasteiger partial charge in [-0.25, -0.2) is 18.1 Å². The number of aryl methyl sites for hydroxylation is 1. The fourth-order valence-electron chi connectivity index (χ4n) is 2.04. The minimum atomic E-state index is -3.44. The lowest BCUT2D eigenvalue weighted by Crippen LogP contribution is -2.27. The SMILES string of the molecule is CCC(CS(=O)(=O)Nc1ccc(-n2ncnc2C)cc1)OC. The second kappa shape index (κ2) is 6.89. The van der Waals surface area contributed by atoms with Gasteiger partial charge in [-0.3, -0.25) is 4.72 Å². The van der Waals surface area contributed by atoms with Crippen molar-refractivity contribution in [1.29, 1.82) is 0 Å². The number of rotatable bonds is 7. The van der Waals surface area contributed by atoms with Crippen LogP contribution >= 0.6 is 0 Å². The lowest BCUT2D eigenvalue weighted by atomic mass is 10.3. The topological polar surface area (TPSA) is 86.1 Å². The van der Waals surface area contributed by atoms with Crippen molar-refractivity contribution in [2.45, 2.75) is 26.4 Å². The van der Waals surface area contributed by atoms with Crippen molar-refractivity contribution in [3.63, 3.8) is 0 Å². The van der Waals surface area contributed by atoms with Gasteiger partial charge in [-0.15, -0.1) is 0 Å². The average molecular weight is 324 g/mol. The number of hydrogen-bond donors (Lipinski definition) is 1. The van der Waals surface area contributed by atoms with E-state index in [1.165, 1.54) is 13.4 Å². The Labute approximate surface area is 130 Å². The van der Waals surface area contributed by atoms with Crippen molar-refractivity contribution in [2.75, 3.05) is 17.6 Å². The number of nitrogens with one attached hydrogen (secondary N) is 1. The molecule has 2 aromatic rings. The fourth-order valence-corrected chi connectivity index (χ4v) is 3.48. The van der Waals surface area contributed by atoms with Gasteiger partial charge in [-0.2, -0.15) is 5.10 Å². The zero-order valence-electron chi connectivity index (χ0n) is 12.9. The first-order chi connectivity index (χ1) is 10.4. The van der Waals surface area contributed by atoms with Gasteiger partial charge in [0.15, 0.2) is 0 Å². The predicted molar refractivity (Wildman–Crippen MR) is 84.6 cm³/mol. The average Bonchev–Trinajstić information content (AvgIpc) is 2.91. The third kappa shape index (κ3) is 4.05. The van der Waals surface area contributed by atoms with E-state index in [1.54, 1.807) is 28.9 Å². The summed E-state index contributed by atoms with van der Waals surface area (Å²) in [5, 5.41) is 4.10. The maximum Gasteiger partial charge on any atom is 0.235 e. The van der Waals surface area contributed by atoms with Crippen molar-refractivity contribution in [2.24, 2.45) is 0 Å². The zero-order chi connectivity index (χ0) is 16.2. The van der Waals surface area contributed by atoms with Crippen LogP contribution in [-0.4, -0.2) is 42.1 Å². The van der Waals surface area contributed by atoms with Crippen molar-refractivity contribution in [3.05, 3.63) is 36.4 Å². The predicted octanol–water partition coefficient (Wildman–Crippen LogP) is 1.74. The van der Waals surface area contributed by atoms with E-state index in [9.17, 15) is 8.42 Å². The minimum absolute atomic E-state index is 0.0655. The Bertz CT molecular complexity index is 706. The highest BCUT2D eigenvalue weighted by Gasteiger charge is 2.17. The molecule has 0 amide bonds. The molecule has 8 heteroatoms. The van der Waals surface area contributed by atoms with Gasteiger partial charge in [0.2, 0.25) is 10.0 Å². The summed E-state index contributed by atoms with van der Waals surface area (Å²) in [5.74, 6) is 0.698. The number of benzene rings is 1. The lowest BCUT2D eigenvalue weighted by Gasteiger charge is -2.14. The maximum absolute atomic E-state index is 12.1. The Morgan fingerprint density at radius 3 is 2.50 bits per heavy atom. The molecule has 22 heavy (non-hydrogen) atoms. The van der Waals surface area contributed by atoms with Crippen LogP contribution in [0.3, 0.4) is 0 Å². The molecule has 1 N–H and O–H groups in total. The van der Waals surface area contributed by atoms with Crippen molar-refractivity contribution >= 4 is 15.7 Å². The van der Waals surface area contributed by atoms with Crippen LogP contribution in [0.4, 0.5) is 5.69 Å². The Morgan fingerprint density at radius 2 is 2.00 bits per heavy atom.